The molecule has 3 aliphatic rings. The van der Waals surface area contributed by atoms with E-state index in [4.69, 9.17) is 9.90 Å². The molecule has 0 unspecified atom stereocenters. The minimum atomic E-state index is -5.08. The van der Waals surface area contributed by atoms with Crippen LogP contribution in [-0.4, -0.2) is 61.1 Å². The van der Waals surface area contributed by atoms with Crippen LogP contribution in [0.4, 0.5) is 26.3 Å². The topological polar surface area (TPSA) is 99.6 Å². The van der Waals surface area contributed by atoms with Crippen molar-refractivity contribution in [1.29, 1.82) is 0 Å². The van der Waals surface area contributed by atoms with Crippen molar-refractivity contribution in [2.75, 3.05) is 26.2 Å². The molecule has 30 heavy (non-hydrogen) atoms. The Balaban J connectivity index is 0.000000318. The maximum Gasteiger partial charge on any atom is 0.490 e. The number of carboxylic acid groups (broad SMARTS) is 1. The van der Waals surface area contributed by atoms with Gasteiger partial charge in [-0.25, -0.2) is 13.2 Å². The highest BCUT2D eigenvalue weighted by Crippen LogP contribution is 2.46. The molecule has 2 N–H and O–H groups in total. The van der Waals surface area contributed by atoms with Gasteiger partial charge in [-0.3, -0.25) is 4.98 Å². The molecular formula is C16H17F6N3O4S. The smallest absolute Gasteiger partial charge is 0.475 e. The third-order valence-electron chi connectivity index (χ3n) is 5.09. The van der Waals surface area contributed by atoms with E-state index in [1.807, 2.05) is 0 Å². The summed E-state index contributed by atoms with van der Waals surface area (Å²) in [6.45, 7) is 2.43. The number of aliphatic carboxylic acids is 1. The van der Waals surface area contributed by atoms with Gasteiger partial charge in [-0.15, -0.1) is 0 Å². The van der Waals surface area contributed by atoms with E-state index in [1.54, 1.807) is 0 Å². The Morgan fingerprint density at radius 3 is 2.07 bits per heavy atom. The van der Waals surface area contributed by atoms with Crippen LogP contribution in [-0.2, 0) is 21.0 Å². The zero-order valence-corrected chi connectivity index (χ0v) is 16.0. The Kier molecular flexibility index (Phi) is 5.56. The Morgan fingerprint density at radius 2 is 1.70 bits per heavy atom. The molecule has 0 amide bonds. The predicted octanol–water partition coefficient (Wildman–Crippen LogP) is 2.21. The van der Waals surface area contributed by atoms with E-state index in [9.17, 15) is 34.8 Å². The molecule has 14 heteroatoms. The van der Waals surface area contributed by atoms with Gasteiger partial charge in [0.2, 0.25) is 10.0 Å². The van der Waals surface area contributed by atoms with Crippen LogP contribution >= 0.6 is 0 Å². The van der Waals surface area contributed by atoms with Gasteiger partial charge >= 0.3 is 18.3 Å². The van der Waals surface area contributed by atoms with Crippen molar-refractivity contribution in [2.45, 2.75) is 36.0 Å². The first-order chi connectivity index (χ1) is 13.7. The summed E-state index contributed by atoms with van der Waals surface area (Å²) in [5.41, 5.74) is -0.742. The first-order valence-electron chi connectivity index (χ1n) is 8.74. The summed E-state index contributed by atoms with van der Waals surface area (Å²) >= 11 is 0. The van der Waals surface area contributed by atoms with Gasteiger partial charge in [0.15, 0.2) is 0 Å². The lowest BCUT2D eigenvalue weighted by molar-refractivity contribution is -0.192. The molecule has 1 aliphatic carbocycles. The number of halogens is 6. The number of nitrogens with zero attached hydrogens (tertiary/aromatic N) is 2. The van der Waals surface area contributed by atoms with Gasteiger partial charge in [0, 0.05) is 37.8 Å². The van der Waals surface area contributed by atoms with Crippen molar-refractivity contribution in [1.82, 2.24) is 14.6 Å². The number of sulfonamides is 1. The lowest BCUT2D eigenvalue weighted by atomic mass is 9.76. The molecule has 4 rings (SSSR count). The highest BCUT2D eigenvalue weighted by atomic mass is 32.2. The van der Waals surface area contributed by atoms with E-state index in [1.165, 1.54) is 4.31 Å². The second kappa shape index (κ2) is 7.34. The third-order valence-corrected chi connectivity index (χ3v) is 6.92. The largest absolute Gasteiger partial charge is 0.490 e. The van der Waals surface area contributed by atoms with Crippen LogP contribution in [0.3, 0.4) is 0 Å². The lowest BCUT2D eigenvalue weighted by Crippen LogP contribution is -2.71. The normalized spacial score (nSPS) is 21.3. The minimum absolute atomic E-state index is 0.0200. The summed E-state index contributed by atoms with van der Waals surface area (Å²) in [7, 11) is -3.77. The first-order valence-corrected chi connectivity index (χ1v) is 10.2. The molecule has 0 bridgehead atoms. The summed E-state index contributed by atoms with van der Waals surface area (Å²) in [5.74, 6) is -2.86. The Labute approximate surface area is 167 Å². The van der Waals surface area contributed by atoms with E-state index in [2.05, 4.69) is 10.3 Å². The Morgan fingerprint density at radius 1 is 1.17 bits per heavy atom. The Bertz CT molecular complexity index is 931. The number of carboxylic acids is 1. The van der Waals surface area contributed by atoms with E-state index in [0.29, 0.717) is 13.1 Å². The molecule has 1 spiro atoms. The average molecular weight is 461 g/mol. The molecule has 1 aromatic heterocycles. The molecule has 1 saturated carbocycles. The average Bonchev–Trinajstić information content (AvgIpc) is 3.35. The van der Waals surface area contributed by atoms with Crippen molar-refractivity contribution >= 4 is 16.0 Å². The van der Waals surface area contributed by atoms with E-state index < -0.39 is 34.0 Å². The number of hydrogen-bond acceptors (Lipinski definition) is 5. The third kappa shape index (κ3) is 4.54. The van der Waals surface area contributed by atoms with Gasteiger partial charge in [0.1, 0.15) is 10.6 Å². The fourth-order valence-electron chi connectivity index (χ4n) is 3.26. The van der Waals surface area contributed by atoms with Crippen molar-refractivity contribution in [3.63, 3.8) is 0 Å². The fourth-order valence-corrected chi connectivity index (χ4v) is 5.13. The van der Waals surface area contributed by atoms with Crippen LogP contribution in [0, 0.1) is 5.41 Å². The summed E-state index contributed by atoms with van der Waals surface area (Å²) in [6.07, 6.45) is -7.32. The van der Waals surface area contributed by atoms with Crippen LogP contribution in [0.1, 0.15) is 30.0 Å². The lowest BCUT2D eigenvalue weighted by Gasteiger charge is -2.55. The zero-order valence-electron chi connectivity index (χ0n) is 15.2. The van der Waals surface area contributed by atoms with Crippen molar-refractivity contribution in [3.05, 3.63) is 23.5 Å². The van der Waals surface area contributed by atoms with Gasteiger partial charge < -0.3 is 10.4 Å². The summed E-state index contributed by atoms with van der Waals surface area (Å²) in [6, 6.07) is 0.908. The molecule has 7 nitrogen and oxygen atoms in total. The molecule has 168 valence electrons. The van der Waals surface area contributed by atoms with Gasteiger partial charge in [0.05, 0.1) is 0 Å². The van der Waals surface area contributed by atoms with Gasteiger partial charge in [-0.05, 0) is 30.4 Å². The van der Waals surface area contributed by atoms with Gasteiger partial charge in [0.25, 0.3) is 0 Å². The summed E-state index contributed by atoms with van der Waals surface area (Å²) in [5, 5.41) is 10.2. The second-order valence-corrected chi connectivity index (χ2v) is 9.47. The van der Waals surface area contributed by atoms with Crippen LogP contribution in [0.2, 0.25) is 0 Å². The standard InChI is InChI=1S/C14H16F3N3O2S.C2HF3O2/c15-14(16,17)12-3-10(9-1-2-9)11(4-19-12)23(21,22)20-7-13(8-20)5-18-6-13;3-2(4,5)1(6)7/h3-4,9,18H,1-2,5-8H2;(H,6,7). The SMILES string of the molecule is O=C(O)C(F)(F)F.O=S(=O)(c1cnc(C(F)(F)F)cc1C1CC1)N1CC2(CNC2)C1. The van der Waals surface area contributed by atoms with Crippen molar-refractivity contribution in [2.24, 2.45) is 5.41 Å². The molecule has 0 aromatic carbocycles. The molecule has 3 fully saturated rings. The van der Waals surface area contributed by atoms with Crippen molar-refractivity contribution < 1.29 is 44.7 Å². The second-order valence-electron chi connectivity index (χ2n) is 7.56. The van der Waals surface area contributed by atoms with Gasteiger partial charge in [-0.1, -0.05) is 0 Å². The Hall–Kier alpha value is -1.93. The zero-order chi connectivity index (χ0) is 22.5. The first kappa shape index (κ1) is 22.7. The molecule has 2 saturated heterocycles. The van der Waals surface area contributed by atoms with E-state index in [0.717, 1.165) is 38.2 Å². The number of alkyl halides is 6. The predicted molar refractivity (Wildman–Crippen MR) is 89.0 cm³/mol. The number of rotatable bonds is 3. The molecular weight excluding hydrogens is 444 g/mol. The van der Waals surface area contributed by atoms with E-state index >= 15 is 0 Å². The number of aromatic nitrogens is 1. The maximum absolute atomic E-state index is 12.8. The number of carbonyl (C=O) groups is 1. The van der Waals surface area contributed by atoms with Crippen LogP contribution in [0.15, 0.2) is 17.2 Å². The number of pyridine rings is 1. The molecule has 0 radical (unpaired) electrons. The number of hydrogen-bond donors (Lipinski definition) is 2. The van der Waals surface area contributed by atoms with Crippen LogP contribution in [0.5, 0.6) is 0 Å². The molecule has 3 heterocycles. The highest BCUT2D eigenvalue weighted by molar-refractivity contribution is 7.89. The van der Waals surface area contributed by atoms with Crippen LogP contribution in [0.25, 0.3) is 0 Å². The summed E-state index contributed by atoms with van der Waals surface area (Å²) < 4.78 is 97.1. The molecule has 1 aromatic rings. The fraction of sp³-hybridized carbons (Fsp3) is 0.625. The quantitative estimate of drug-likeness (QED) is 0.670. The molecule has 2 aliphatic heterocycles. The molecule has 0 atom stereocenters. The van der Waals surface area contributed by atoms with Gasteiger partial charge in [-0.2, -0.15) is 30.6 Å². The number of nitrogens with one attached hydrogen (secondary N) is 1. The highest BCUT2D eigenvalue weighted by Gasteiger charge is 2.52. The van der Waals surface area contributed by atoms with E-state index in [-0.39, 0.29) is 21.8 Å². The van der Waals surface area contributed by atoms with Crippen LogP contribution < -0.4 is 5.32 Å². The summed E-state index contributed by atoms with van der Waals surface area (Å²) in [4.78, 5) is 12.2. The minimum Gasteiger partial charge on any atom is -0.475 e. The maximum atomic E-state index is 12.8. The van der Waals surface area contributed by atoms with Crippen molar-refractivity contribution in [3.8, 4) is 0 Å². The monoisotopic (exact) mass is 461 g/mol.